The molecule has 0 aliphatic rings. The van der Waals surface area contributed by atoms with Crippen LogP contribution in [0.2, 0.25) is 0 Å². The van der Waals surface area contributed by atoms with Crippen molar-refractivity contribution in [3.8, 4) is 0 Å². The van der Waals surface area contributed by atoms with Crippen molar-refractivity contribution in [3.05, 3.63) is 72.9 Å². The van der Waals surface area contributed by atoms with Gasteiger partial charge in [0, 0.05) is 12.8 Å². The molecule has 0 bridgehead atoms. The standard InChI is InChI=1S/C49H86NO8P/c1-6-8-10-12-14-16-18-20-21-22-23-24-25-26-27-28-30-31-33-35-37-39-41-48(51)55-45-47(46-57-59(53,54)56-44-43-50(3,4)5)58-49(52)42-40-38-36-34-32-29-19-17-15-13-11-9-7-2/h8,10,14,16,20-21,23-24,29,32,36,38,47H,6-7,9,11-13,15,17-19,22,25-28,30-31,33-35,37,39-46H2,1-5H3/p+1/b10-8+,16-14+,21-20+,24-23+,32-29+,38-36+. The molecule has 0 aromatic rings. The third-order valence-corrected chi connectivity index (χ3v) is 10.5. The molecule has 340 valence electrons. The lowest BCUT2D eigenvalue weighted by atomic mass is 10.1. The summed E-state index contributed by atoms with van der Waals surface area (Å²) in [6.07, 6.45) is 51.1. The fraction of sp³-hybridized carbons (Fsp3) is 0.714. The van der Waals surface area contributed by atoms with E-state index in [1.807, 2.05) is 33.3 Å². The highest BCUT2D eigenvalue weighted by molar-refractivity contribution is 7.47. The molecule has 0 aliphatic heterocycles. The summed E-state index contributed by atoms with van der Waals surface area (Å²) in [6, 6.07) is 0. The first-order valence-corrected chi connectivity index (χ1v) is 24.7. The zero-order valence-electron chi connectivity index (χ0n) is 38.2. The van der Waals surface area contributed by atoms with Gasteiger partial charge in [0.25, 0.3) is 0 Å². The topological polar surface area (TPSA) is 108 Å². The Hall–Kier alpha value is -2.55. The second kappa shape index (κ2) is 40.8. The molecule has 1 N–H and O–H groups in total. The molecule has 0 saturated carbocycles. The Morgan fingerprint density at radius 1 is 0.542 bits per heavy atom. The van der Waals surface area contributed by atoms with Crippen molar-refractivity contribution in [3.63, 3.8) is 0 Å². The van der Waals surface area contributed by atoms with Gasteiger partial charge in [-0.1, -0.05) is 164 Å². The molecule has 0 fully saturated rings. The number of carbonyl (C=O) groups excluding carboxylic acids is 2. The number of rotatable bonds is 41. The number of carbonyl (C=O) groups is 2. The van der Waals surface area contributed by atoms with Crippen molar-refractivity contribution in [2.45, 2.75) is 180 Å². The number of ether oxygens (including phenoxy) is 2. The lowest BCUT2D eigenvalue weighted by Crippen LogP contribution is -2.37. The second-order valence-electron chi connectivity index (χ2n) is 16.4. The molecule has 0 rings (SSSR count). The Morgan fingerprint density at radius 3 is 1.51 bits per heavy atom. The number of allylic oxidation sites excluding steroid dienone is 12. The maximum Gasteiger partial charge on any atom is 0.472 e. The SMILES string of the molecule is CC/C=C/C/C=C/C/C=C/C/C=C/CCCCCCCCCCCC(=O)OCC(COP(=O)(O)OCC[N+](C)(C)C)OC(=O)CC/C=C/C/C=C/CCCCCCCC. The first-order chi connectivity index (χ1) is 28.5. The minimum absolute atomic E-state index is 0.0184. The van der Waals surface area contributed by atoms with Crippen LogP contribution >= 0.6 is 7.82 Å². The predicted molar refractivity (Wildman–Crippen MR) is 247 cm³/mol. The number of likely N-dealkylation sites (N-methyl/N-ethyl adjacent to an activating group) is 1. The van der Waals surface area contributed by atoms with E-state index in [0.717, 1.165) is 70.6 Å². The van der Waals surface area contributed by atoms with Crippen molar-refractivity contribution in [2.75, 3.05) is 47.5 Å². The molecule has 0 aliphatic carbocycles. The molecule has 10 heteroatoms. The van der Waals surface area contributed by atoms with Crippen molar-refractivity contribution < 1.29 is 42.1 Å². The Balaban J connectivity index is 4.34. The van der Waals surface area contributed by atoms with Gasteiger partial charge in [-0.2, -0.15) is 0 Å². The van der Waals surface area contributed by atoms with Crippen LogP contribution in [0.4, 0.5) is 0 Å². The van der Waals surface area contributed by atoms with Crippen molar-refractivity contribution in [1.29, 1.82) is 0 Å². The van der Waals surface area contributed by atoms with Gasteiger partial charge in [-0.25, -0.2) is 4.57 Å². The van der Waals surface area contributed by atoms with Gasteiger partial charge in [-0.05, 0) is 70.6 Å². The van der Waals surface area contributed by atoms with Gasteiger partial charge in [-0.3, -0.25) is 18.6 Å². The number of hydrogen-bond donors (Lipinski definition) is 1. The van der Waals surface area contributed by atoms with Crippen LogP contribution in [-0.4, -0.2) is 74.9 Å². The van der Waals surface area contributed by atoms with Crippen molar-refractivity contribution in [1.82, 2.24) is 0 Å². The van der Waals surface area contributed by atoms with E-state index >= 15 is 0 Å². The van der Waals surface area contributed by atoms with Crippen molar-refractivity contribution >= 4 is 19.8 Å². The summed E-state index contributed by atoms with van der Waals surface area (Å²) in [5.41, 5.74) is 0. The van der Waals surface area contributed by atoms with E-state index in [9.17, 15) is 19.0 Å². The first-order valence-electron chi connectivity index (χ1n) is 23.2. The zero-order valence-corrected chi connectivity index (χ0v) is 39.1. The molecule has 0 radical (unpaired) electrons. The Morgan fingerprint density at radius 2 is 1.00 bits per heavy atom. The first kappa shape index (κ1) is 56.5. The van der Waals surface area contributed by atoms with E-state index in [1.54, 1.807) is 0 Å². The number of hydrogen-bond acceptors (Lipinski definition) is 7. The van der Waals surface area contributed by atoms with Crippen molar-refractivity contribution in [2.24, 2.45) is 0 Å². The molecular weight excluding hydrogens is 762 g/mol. The van der Waals surface area contributed by atoms with Crippen LogP contribution in [0.1, 0.15) is 174 Å². The number of nitrogens with zero attached hydrogens (tertiary/aromatic N) is 1. The van der Waals surface area contributed by atoms with Crippen LogP contribution in [0.3, 0.4) is 0 Å². The van der Waals surface area contributed by atoms with Crippen LogP contribution in [0.5, 0.6) is 0 Å². The minimum atomic E-state index is -4.39. The zero-order chi connectivity index (χ0) is 43.6. The van der Waals surface area contributed by atoms with Gasteiger partial charge in [0.05, 0.1) is 27.7 Å². The minimum Gasteiger partial charge on any atom is -0.462 e. The molecule has 59 heavy (non-hydrogen) atoms. The molecule has 0 aromatic carbocycles. The van der Waals surface area contributed by atoms with Gasteiger partial charge in [0.2, 0.25) is 0 Å². The molecule has 0 saturated heterocycles. The molecule has 2 atom stereocenters. The molecule has 9 nitrogen and oxygen atoms in total. The summed E-state index contributed by atoms with van der Waals surface area (Å²) in [6.45, 7) is 4.22. The normalized spacial score (nSPS) is 14.2. The van der Waals surface area contributed by atoms with E-state index in [4.69, 9.17) is 18.5 Å². The smallest absolute Gasteiger partial charge is 0.462 e. The summed E-state index contributed by atoms with van der Waals surface area (Å²) in [5, 5.41) is 0. The highest BCUT2D eigenvalue weighted by Crippen LogP contribution is 2.43. The second-order valence-corrected chi connectivity index (χ2v) is 17.9. The van der Waals surface area contributed by atoms with Crippen LogP contribution in [0, 0.1) is 0 Å². The van der Waals surface area contributed by atoms with Gasteiger partial charge in [0.15, 0.2) is 6.10 Å². The van der Waals surface area contributed by atoms with Gasteiger partial charge < -0.3 is 18.9 Å². The molecule has 0 spiro atoms. The Labute approximate surface area is 361 Å². The highest BCUT2D eigenvalue weighted by atomic mass is 31.2. The fourth-order valence-corrected chi connectivity index (χ4v) is 6.62. The maximum absolute atomic E-state index is 12.6. The third-order valence-electron chi connectivity index (χ3n) is 9.48. The average molecular weight is 849 g/mol. The summed E-state index contributed by atoms with van der Waals surface area (Å²) in [5.74, 6) is -0.888. The van der Waals surface area contributed by atoms with E-state index < -0.39 is 32.5 Å². The van der Waals surface area contributed by atoms with E-state index in [-0.39, 0.29) is 26.1 Å². The van der Waals surface area contributed by atoms with Gasteiger partial charge >= 0.3 is 19.8 Å². The average Bonchev–Trinajstić information content (AvgIpc) is 3.19. The fourth-order valence-electron chi connectivity index (χ4n) is 5.88. The predicted octanol–water partition coefficient (Wildman–Crippen LogP) is 13.4. The Bertz CT molecular complexity index is 1230. The highest BCUT2D eigenvalue weighted by Gasteiger charge is 2.27. The molecule has 2 unspecified atom stereocenters. The third kappa shape index (κ3) is 44.8. The molecular formula is C49H87NO8P+. The van der Waals surface area contributed by atoms with E-state index in [1.165, 1.54) is 70.6 Å². The van der Waals surface area contributed by atoms with E-state index in [0.29, 0.717) is 17.4 Å². The molecule has 0 amide bonds. The van der Waals surface area contributed by atoms with Gasteiger partial charge in [-0.15, -0.1) is 0 Å². The number of esters is 2. The lowest BCUT2D eigenvalue weighted by molar-refractivity contribution is -0.870. The lowest BCUT2D eigenvalue weighted by Gasteiger charge is -2.24. The van der Waals surface area contributed by atoms with Crippen LogP contribution in [0.15, 0.2) is 72.9 Å². The van der Waals surface area contributed by atoms with Gasteiger partial charge in [0.1, 0.15) is 19.8 Å². The quantitative estimate of drug-likeness (QED) is 0.0213. The van der Waals surface area contributed by atoms with Crippen LogP contribution < -0.4 is 0 Å². The number of quaternary nitrogens is 1. The summed E-state index contributed by atoms with van der Waals surface area (Å²) in [4.78, 5) is 35.4. The van der Waals surface area contributed by atoms with Crippen LogP contribution in [0.25, 0.3) is 0 Å². The largest absolute Gasteiger partial charge is 0.472 e. The maximum atomic E-state index is 12.6. The number of phosphoric ester groups is 1. The number of phosphoric acid groups is 1. The van der Waals surface area contributed by atoms with Crippen LogP contribution in [-0.2, 0) is 32.7 Å². The Kier molecular flexibility index (Phi) is 39.1. The van der Waals surface area contributed by atoms with E-state index in [2.05, 4.69) is 74.6 Å². The summed E-state index contributed by atoms with van der Waals surface area (Å²) < 4.78 is 34.2. The monoisotopic (exact) mass is 849 g/mol. The molecule has 0 heterocycles. The number of unbranched alkanes of at least 4 members (excludes halogenated alkanes) is 15. The molecule has 0 aromatic heterocycles. The summed E-state index contributed by atoms with van der Waals surface area (Å²) in [7, 11) is 1.43. The summed E-state index contributed by atoms with van der Waals surface area (Å²) >= 11 is 0.